The highest BCUT2D eigenvalue weighted by Crippen LogP contribution is 2.19. The van der Waals surface area contributed by atoms with Crippen LogP contribution in [0.3, 0.4) is 0 Å². The molecule has 27 heavy (non-hydrogen) atoms. The van der Waals surface area contributed by atoms with Gasteiger partial charge in [0.15, 0.2) is 0 Å². The summed E-state index contributed by atoms with van der Waals surface area (Å²) in [5.41, 5.74) is 2.27. The van der Waals surface area contributed by atoms with Gasteiger partial charge in [-0.1, -0.05) is 60.7 Å². The summed E-state index contributed by atoms with van der Waals surface area (Å²) in [5, 5.41) is 0. The van der Waals surface area contributed by atoms with Crippen LogP contribution in [0, 0.1) is 0 Å². The van der Waals surface area contributed by atoms with Crippen molar-refractivity contribution >= 4 is 22.6 Å². The van der Waals surface area contributed by atoms with Crippen molar-refractivity contribution in [1.29, 1.82) is 0 Å². The molecule has 3 rings (SSSR count). The van der Waals surface area contributed by atoms with Crippen LogP contribution in [0.15, 0.2) is 89.8 Å². The second kappa shape index (κ2) is 9.14. The molecule has 0 aliphatic rings. The number of hydrogen-bond acceptors (Lipinski definition) is 2. The molecule has 0 bridgehead atoms. The van der Waals surface area contributed by atoms with Crippen LogP contribution in [-0.2, 0) is 17.4 Å². The second-order valence-corrected chi connectivity index (χ2v) is 7.40. The fourth-order valence-electron chi connectivity index (χ4n) is 2.71. The molecule has 1 amide bonds. The zero-order valence-corrected chi connectivity index (χ0v) is 16.0. The quantitative estimate of drug-likeness (QED) is 0.672. The Kier molecular flexibility index (Phi) is 6.39. The highest BCUT2D eigenvalue weighted by Gasteiger charge is 2.17. The normalized spacial score (nSPS) is 11.6. The molecular weight excluding hydrogens is 356 g/mol. The Morgan fingerprint density at radius 1 is 0.889 bits per heavy atom. The molecule has 5 heteroatoms. The van der Waals surface area contributed by atoms with E-state index in [9.17, 15) is 9.00 Å². The SMILES string of the molecule is CN(CCc1ccccc1)C(=O)c1ccccc1NS(=O)c1ccccc1. The third-order valence-electron chi connectivity index (χ3n) is 4.24. The summed E-state index contributed by atoms with van der Waals surface area (Å²) in [6.07, 6.45) is 0.786. The van der Waals surface area contributed by atoms with Gasteiger partial charge in [0.05, 0.1) is 16.1 Å². The molecule has 0 saturated carbocycles. The molecule has 0 aliphatic heterocycles. The summed E-state index contributed by atoms with van der Waals surface area (Å²) in [5.74, 6) is -0.0981. The third kappa shape index (κ3) is 5.05. The lowest BCUT2D eigenvalue weighted by atomic mass is 10.1. The van der Waals surface area contributed by atoms with E-state index in [1.54, 1.807) is 36.2 Å². The fraction of sp³-hybridized carbons (Fsp3) is 0.136. The standard InChI is InChI=1S/C22H22N2O2S/c1-24(17-16-18-10-4-2-5-11-18)22(25)20-14-8-9-15-21(20)23-27(26)19-12-6-3-7-13-19/h2-15,23H,16-17H2,1H3. The minimum Gasteiger partial charge on any atom is -0.341 e. The Bertz CT molecular complexity index is 914. The van der Waals surface area contributed by atoms with E-state index in [0.717, 1.165) is 6.42 Å². The highest BCUT2D eigenvalue weighted by atomic mass is 32.2. The first kappa shape index (κ1) is 18.9. The maximum atomic E-state index is 12.9. The summed E-state index contributed by atoms with van der Waals surface area (Å²) < 4.78 is 15.5. The highest BCUT2D eigenvalue weighted by molar-refractivity contribution is 7.86. The first-order chi connectivity index (χ1) is 13.1. The van der Waals surface area contributed by atoms with E-state index in [-0.39, 0.29) is 5.91 Å². The lowest BCUT2D eigenvalue weighted by Gasteiger charge is -2.19. The fourth-order valence-corrected chi connectivity index (χ4v) is 3.61. The molecule has 0 fully saturated rings. The molecule has 3 aromatic rings. The van der Waals surface area contributed by atoms with E-state index in [0.29, 0.717) is 22.7 Å². The van der Waals surface area contributed by atoms with Gasteiger partial charge in [-0.3, -0.25) is 4.79 Å². The number of likely N-dealkylation sites (N-methyl/N-ethyl adjacent to an activating group) is 1. The predicted octanol–water partition coefficient (Wildman–Crippen LogP) is 4.14. The van der Waals surface area contributed by atoms with Gasteiger partial charge in [0.25, 0.3) is 5.91 Å². The van der Waals surface area contributed by atoms with Crippen LogP contribution < -0.4 is 4.72 Å². The molecule has 4 nitrogen and oxygen atoms in total. The van der Waals surface area contributed by atoms with Gasteiger partial charge in [-0.2, -0.15) is 0 Å². The number of rotatable bonds is 7. The molecule has 1 unspecified atom stereocenters. The summed E-state index contributed by atoms with van der Waals surface area (Å²) >= 11 is 0. The topological polar surface area (TPSA) is 49.4 Å². The third-order valence-corrected chi connectivity index (χ3v) is 5.35. The van der Waals surface area contributed by atoms with E-state index in [4.69, 9.17) is 0 Å². The number of nitrogens with one attached hydrogen (secondary N) is 1. The molecule has 0 aromatic heterocycles. The molecular formula is C22H22N2O2S. The summed E-state index contributed by atoms with van der Waals surface area (Å²) in [6.45, 7) is 0.610. The number of nitrogens with zero attached hydrogens (tertiary/aromatic N) is 1. The van der Waals surface area contributed by atoms with Crippen molar-refractivity contribution in [2.45, 2.75) is 11.3 Å². The Morgan fingerprint density at radius 3 is 2.19 bits per heavy atom. The number of carbonyl (C=O) groups excluding carboxylic acids is 1. The summed E-state index contributed by atoms with van der Waals surface area (Å²) in [6, 6.07) is 26.4. The molecule has 0 saturated heterocycles. The number of carbonyl (C=O) groups is 1. The van der Waals surface area contributed by atoms with Crippen molar-refractivity contribution in [3.63, 3.8) is 0 Å². The van der Waals surface area contributed by atoms with Crippen LogP contribution in [0.1, 0.15) is 15.9 Å². The number of benzene rings is 3. The minimum atomic E-state index is -1.43. The minimum absolute atomic E-state index is 0.0981. The zero-order valence-electron chi connectivity index (χ0n) is 15.2. The van der Waals surface area contributed by atoms with Gasteiger partial charge >= 0.3 is 0 Å². The molecule has 0 aliphatic carbocycles. The first-order valence-electron chi connectivity index (χ1n) is 8.77. The molecule has 1 N–H and O–H groups in total. The van der Waals surface area contributed by atoms with Crippen molar-refractivity contribution in [2.75, 3.05) is 18.3 Å². The number of amides is 1. The van der Waals surface area contributed by atoms with E-state index in [1.165, 1.54) is 5.56 Å². The molecule has 3 aromatic carbocycles. The van der Waals surface area contributed by atoms with Crippen molar-refractivity contribution in [3.05, 3.63) is 96.1 Å². The number of para-hydroxylation sites is 1. The van der Waals surface area contributed by atoms with E-state index in [1.807, 2.05) is 48.5 Å². The largest absolute Gasteiger partial charge is 0.341 e. The van der Waals surface area contributed by atoms with Crippen molar-refractivity contribution in [2.24, 2.45) is 0 Å². The monoisotopic (exact) mass is 378 g/mol. The lowest BCUT2D eigenvalue weighted by molar-refractivity contribution is 0.0797. The zero-order chi connectivity index (χ0) is 19.1. The molecule has 138 valence electrons. The van der Waals surface area contributed by atoms with Crippen LogP contribution in [0.2, 0.25) is 0 Å². The van der Waals surface area contributed by atoms with Gasteiger partial charge in [-0.25, -0.2) is 4.21 Å². The predicted molar refractivity (Wildman–Crippen MR) is 110 cm³/mol. The van der Waals surface area contributed by atoms with E-state index >= 15 is 0 Å². The molecule has 0 spiro atoms. The maximum absolute atomic E-state index is 12.9. The van der Waals surface area contributed by atoms with Crippen molar-refractivity contribution < 1.29 is 9.00 Å². The van der Waals surface area contributed by atoms with Crippen LogP contribution in [-0.4, -0.2) is 28.6 Å². The Balaban J connectivity index is 1.70. The molecule has 1 atom stereocenters. The van der Waals surface area contributed by atoms with Crippen LogP contribution in [0.5, 0.6) is 0 Å². The first-order valence-corrected chi connectivity index (χ1v) is 9.92. The average Bonchev–Trinajstić information content (AvgIpc) is 2.73. The van der Waals surface area contributed by atoms with Crippen LogP contribution in [0.4, 0.5) is 5.69 Å². The summed E-state index contributed by atoms with van der Waals surface area (Å²) in [4.78, 5) is 15.2. The smallest absolute Gasteiger partial charge is 0.255 e. The van der Waals surface area contributed by atoms with Crippen molar-refractivity contribution in [3.8, 4) is 0 Å². The van der Waals surface area contributed by atoms with Crippen LogP contribution in [0.25, 0.3) is 0 Å². The van der Waals surface area contributed by atoms with Gasteiger partial charge in [0.2, 0.25) is 0 Å². The van der Waals surface area contributed by atoms with Gasteiger partial charge in [-0.05, 0) is 36.2 Å². The van der Waals surface area contributed by atoms with Gasteiger partial charge < -0.3 is 9.62 Å². The Hall–Kier alpha value is -2.92. The second-order valence-electron chi connectivity index (χ2n) is 6.19. The Morgan fingerprint density at radius 2 is 1.48 bits per heavy atom. The van der Waals surface area contributed by atoms with Gasteiger partial charge in [-0.15, -0.1) is 0 Å². The van der Waals surface area contributed by atoms with Gasteiger partial charge in [0.1, 0.15) is 11.0 Å². The average molecular weight is 378 g/mol. The summed E-state index contributed by atoms with van der Waals surface area (Å²) in [7, 11) is 0.359. The molecule has 0 radical (unpaired) electrons. The van der Waals surface area contributed by atoms with Gasteiger partial charge in [0, 0.05) is 13.6 Å². The Labute approximate surface area is 162 Å². The lowest BCUT2D eigenvalue weighted by Crippen LogP contribution is -2.29. The number of anilines is 1. The molecule has 0 heterocycles. The number of hydrogen-bond donors (Lipinski definition) is 1. The van der Waals surface area contributed by atoms with Crippen LogP contribution >= 0.6 is 0 Å². The maximum Gasteiger partial charge on any atom is 0.255 e. The van der Waals surface area contributed by atoms with E-state index < -0.39 is 11.0 Å². The van der Waals surface area contributed by atoms with Crippen molar-refractivity contribution in [1.82, 2.24) is 4.90 Å². The van der Waals surface area contributed by atoms with E-state index in [2.05, 4.69) is 16.9 Å².